The van der Waals surface area contributed by atoms with E-state index in [2.05, 4.69) is 19.2 Å². The molecular weight excluding hydrogens is 262 g/mol. The van der Waals surface area contributed by atoms with Crippen LogP contribution in [0.2, 0.25) is 0 Å². The summed E-state index contributed by atoms with van der Waals surface area (Å²) in [7, 11) is -0.418. The van der Waals surface area contributed by atoms with E-state index in [9.17, 15) is 8.42 Å². The molecule has 0 spiro atoms. The van der Waals surface area contributed by atoms with Gasteiger partial charge in [0.25, 0.3) is 0 Å². The fourth-order valence-corrected chi connectivity index (χ4v) is 2.88. The Bertz CT molecular complexity index is 594. The van der Waals surface area contributed by atoms with Crippen molar-refractivity contribution >= 4 is 21.4 Å². The number of benzene rings is 1. The summed E-state index contributed by atoms with van der Waals surface area (Å²) in [5.41, 5.74) is 7.49. The molecular formula is C13H21N3O2S. The molecule has 0 bridgehead atoms. The second-order valence-corrected chi connectivity index (χ2v) is 8.08. The van der Waals surface area contributed by atoms with E-state index >= 15 is 0 Å². The zero-order valence-electron chi connectivity index (χ0n) is 11.8. The lowest BCUT2D eigenvalue weighted by Gasteiger charge is -2.15. The number of nitrogens with one attached hydrogen (secondary N) is 1. The molecule has 19 heavy (non-hydrogen) atoms. The summed E-state index contributed by atoms with van der Waals surface area (Å²) in [4.78, 5) is 0.218. The molecule has 1 saturated carbocycles. The Kier molecular flexibility index (Phi) is 3.26. The lowest BCUT2D eigenvalue weighted by atomic mass is 10.2. The van der Waals surface area contributed by atoms with Crippen LogP contribution < -0.4 is 11.1 Å². The Hall–Kier alpha value is -1.27. The minimum Gasteiger partial charge on any atom is -0.397 e. The second kappa shape index (κ2) is 4.38. The fourth-order valence-electron chi connectivity index (χ4n) is 1.94. The first kappa shape index (κ1) is 14.1. The molecule has 1 unspecified atom stereocenters. The van der Waals surface area contributed by atoms with Gasteiger partial charge >= 0.3 is 0 Å². The summed E-state index contributed by atoms with van der Waals surface area (Å²) in [6, 6.07) is 5.24. The van der Waals surface area contributed by atoms with Crippen molar-refractivity contribution in [3.05, 3.63) is 18.2 Å². The smallest absolute Gasteiger partial charge is 0.242 e. The second-order valence-electron chi connectivity index (χ2n) is 5.93. The predicted molar refractivity (Wildman–Crippen MR) is 77.5 cm³/mol. The topological polar surface area (TPSA) is 75.4 Å². The van der Waals surface area contributed by atoms with E-state index in [1.54, 1.807) is 12.1 Å². The van der Waals surface area contributed by atoms with Crippen molar-refractivity contribution in [1.82, 2.24) is 4.31 Å². The monoisotopic (exact) mass is 283 g/mol. The van der Waals surface area contributed by atoms with Gasteiger partial charge in [-0.25, -0.2) is 12.7 Å². The van der Waals surface area contributed by atoms with Gasteiger partial charge in [0.2, 0.25) is 10.0 Å². The maximum atomic E-state index is 12.0. The van der Waals surface area contributed by atoms with E-state index < -0.39 is 10.0 Å². The molecule has 1 aromatic carbocycles. The Labute approximate surface area is 114 Å². The van der Waals surface area contributed by atoms with Crippen LogP contribution in [-0.2, 0) is 10.0 Å². The van der Waals surface area contributed by atoms with Gasteiger partial charge in [0.1, 0.15) is 0 Å². The lowest BCUT2D eigenvalue weighted by molar-refractivity contribution is 0.521. The molecule has 0 heterocycles. The summed E-state index contributed by atoms with van der Waals surface area (Å²) in [6.45, 7) is 4.37. The molecule has 1 aliphatic carbocycles. The van der Waals surface area contributed by atoms with Crippen LogP contribution in [0.3, 0.4) is 0 Å². The van der Waals surface area contributed by atoms with Gasteiger partial charge in [-0.1, -0.05) is 13.8 Å². The van der Waals surface area contributed by atoms with E-state index in [1.165, 1.54) is 24.5 Å². The lowest BCUT2D eigenvalue weighted by Crippen LogP contribution is -2.22. The van der Waals surface area contributed by atoms with Crippen LogP contribution in [0.15, 0.2) is 23.1 Å². The molecule has 1 aliphatic rings. The molecule has 0 amide bonds. The van der Waals surface area contributed by atoms with Gasteiger partial charge in [-0.2, -0.15) is 0 Å². The Balaban J connectivity index is 2.23. The molecule has 1 atom stereocenters. The highest BCUT2D eigenvalue weighted by molar-refractivity contribution is 7.89. The molecule has 5 nitrogen and oxygen atoms in total. The zero-order valence-corrected chi connectivity index (χ0v) is 12.6. The van der Waals surface area contributed by atoms with E-state index in [1.807, 2.05) is 0 Å². The summed E-state index contributed by atoms with van der Waals surface area (Å²) >= 11 is 0. The van der Waals surface area contributed by atoms with Gasteiger partial charge in [-0.05, 0) is 30.0 Å². The number of nitrogens with zero attached hydrogens (tertiary/aromatic N) is 1. The van der Waals surface area contributed by atoms with Crippen molar-refractivity contribution in [2.24, 2.45) is 5.41 Å². The van der Waals surface area contributed by atoms with Crippen LogP contribution in [0.4, 0.5) is 11.4 Å². The van der Waals surface area contributed by atoms with Gasteiger partial charge in [0, 0.05) is 20.1 Å². The number of nitrogen functional groups attached to an aromatic ring is 1. The van der Waals surface area contributed by atoms with Crippen molar-refractivity contribution in [2.45, 2.75) is 31.2 Å². The predicted octanol–water partition coefficient (Wildman–Crippen LogP) is 1.73. The third-order valence-electron chi connectivity index (χ3n) is 3.64. The Morgan fingerprint density at radius 3 is 2.37 bits per heavy atom. The molecule has 0 radical (unpaired) electrons. The van der Waals surface area contributed by atoms with Crippen LogP contribution in [0.25, 0.3) is 0 Å². The molecule has 0 aliphatic heterocycles. The maximum Gasteiger partial charge on any atom is 0.242 e. The highest BCUT2D eigenvalue weighted by Gasteiger charge is 2.45. The minimum atomic E-state index is -3.43. The number of sulfonamides is 1. The maximum absolute atomic E-state index is 12.0. The number of rotatable bonds is 4. The first-order valence-electron chi connectivity index (χ1n) is 6.23. The molecule has 6 heteroatoms. The largest absolute Gasteiger partial charge is 0.397 e. The van der Waals surface area contributed by atoms with E-state index in [-0.39, 0.29) is 4.90 Å². The summed E-state index contributed by atoms with van der Waals surface area (Å²) in [5.74, 6) is 0. The van der Waals surface area contributed by atoms with Crippen molar-refractivity contribution in [3.63, 3.8) is 0 Å². The van der Waals surface area contributed by atoms with Crippen molar-refractivity contribution in [2.75, 3.05) is 25.1 Å². The summed E-state index contributed by atoms with van der Waals surface area (Å²) < 4.78 is 25.1. The standard InChI is InChI=1S/C13H21N3O2S/c1-13(2)8-12(13)15-11-6-5-9(7-10(11)14)19(17,18)16(3)4/h5-7,12,15H,8,14H2,1-4H3. The molecule has 3 N–H and O–H groups in total. The normalized spacial score (nSPS) is 21.4. The van der Waals surface area contributed by atoms with Crippen molar-refractivity contribution < 1.29 is 8.42 Å². The quantitative estimate of drug-likeness (QED) is 0.825. The average molecular weight is 283 g/mol. The highest BCUT2D eigenvalue weighted by atomic mass is 32.2. The number of hydrogen-bond donors (Lipinski definition) is 2. The van der Waals surface area contributed by atoms with Gasteiger partial charge in [-0.3, -0.25) is 0 Å². The van der Waals surface area contributed by atoms with Gasteiger partial charge in [-0.15, -0.1) is 0 Å². The van der Waals surface area contributed by atoms with E-state index in [4.69, 9.17) is 5.73 Å². The fraction of sp³-hybridized carbons (Fsp3) is 0.538. The van der Waals surface area contributed by atoms with Crippen LogP contribution in [-0.4, -0.2) is 32.9 Å². The third kappa shape index (κ3) is 2.69. The Morgan fingerprint density at radius 1 is 1.37 bits per heavy atom. The van der Waals surface area contributed by atoms with Gasteiger partial charge in [0.15, 0.2) is 0 Å². The third-order valence-corrected chi connectivity index (χ3v) is 5.46. The minimum absolute atomic E-state index is 0.218. The van der Waals surface area contributed by atoms with Crippen molar-refractivity contribution in [1.29, 1.82) is 0 Å². The van der Waals surface area contributed by atoms with E-state index in [0.717, 1.165) is 12.1 Å². The highest BCUT2D eigenvalue weighted by Crippen LogP contribution is 2.47. The molecule has 1 fully saturated rings. The Morgan fingerprint density at radius 2 is 1.95 bits per heavy atom. The van der Waals surface area contributed by atoms with Crippen LogP contribution in [0.1, 0.15) is 20.3 Å². The average Bonchev–Trinajstić information content (AvgIpc) is 2.88. The first-order chi connectivity index (χ1) is 8.64. The van der Waals surface area contributed by atoms with Crippen LogP contribution >= 0.6 is 0 Å². The summed E-state index contributed by atoms with van der Waals surface area (Å²) in [5, 5.41) is 3.35. The SMILES string of the molecule is CN(C)S(=O)(=O)c1ccc(NC2CC2(C)C)c(N)c1. The molecule has 0 saturated heterocycles. The molecule has 1 aromatic rings. The van der Waals surface area contributed by atoms with Gasteiger partial charge < -0.3 is 11.1 Å². The van der Waals surface area contributed by atoms with Crippen LogP contribution in [0.5, 0.6) is 0 Å². The first-order valence-corrected chi connectivity index (χ1v) is 7.67. The molecule has 2 rings (SSSR count). The number of hydrogen-bond acceptors (Lipinski definition) is 4. The van der Waals surface area contributed by atoms with Gasteiger partial charge in [0.05, 0.1) is 16.3 Å². The van der Waals surface area contributed by atoms with Crippen LogP contribution in [0, 0.1) is 5.41 Å². The van der Waals surface area contributed by atoms with Crippen molar-refractivity contribution in [3.8, 4) is 0 Å². The number of anilines is 2. The zero-order chi connectivity index (χ0) is 14.4. The number of nitrogens with two attached hydrogens (primary N) is 1. The van der Waals surface area contributed by atoms with E-state index in [0.29, 0.717) is 17.1 Å². The molecule has 0 aromatic heterocycles. The summed E-state index contributed by atoms with van der Waals surface area (Å²) in [6.07, 6.45) is 1.10. The molecule has 106 valence electrons.